The summed E-state index contributed by atoms with van der Waals surface area (Å²) in [6.07, 6.45) is 2.08. The van der Waals surface area contributed by atoms with Crippen LogP contribution in [-0.2, 0) is 16.8 Å². The van der Waals surface area contributed by atoms with Gasteiger partial charge in [0.2, 0.25) is 0 Å². The molecule has 2 rings (SSSR count). The first-order valence-corrected chi connectivity index (χ1v) is 6.06. The number of anilines is 1. The molecular formula is C7H12N6O4S. The topological polar surface area (TPSA) is 181 Å². The van der Waals surface area contributed by atoms with E-state index < -0.39 is 10.4 Å². The maximum Gasteiger partial charge on any atom is 0.394 e. The molecule has 0 amide bonds. The largest absolute Gasteiger partial charge is 0.394 e. The lowest BCUT2D eigenvalue weighted by Crippen LogP contribution is -2.03. The number of aromatic nitrogens is 4. The van der Waals surface area contributed by atoms with Gasteiger partial charge in [0.25, 0.3) is 0 Å². The van der Waals surface area contributed by atoms with Crippen molar-refractivity contribution in [2.75, 3.05) is 12.3 Å². The fraction of sp³-hybridized carbons (Fsp3) is 0.286. The predicted molar refractivity (Wildman–Crippen MR) is 63.0 cm³/mol. The number of nitrogens with two attached hydrogens (primary N) is 2. The van der Waals surface area contributed by atoms with Gasteiger partial charge < -0.3 is 16.5 Å². The minimum Gasteiger partial charge on any atom is -0.382 e. The number of nitrogens with one attached hydrogen (secondary N) is 1. The highest BCUT2D eigenvalue weighted by Crippen LogP contribution is 2.12. The molecule has 0 aromatic carbocycles. The average Bonchev–Trinajstić information content (AvgIpc) is 2.60. The smallest absolute Gasteiger partial charge is 0.382 e. The number of fused-ring (bicyclic) bond motifs is 1. The Morgan fingerprint density at radius 3 is 2.44 bits per heavy atom. The van der Waals surface area contributed by atoms with E-state index in [1.165, 1.54) is 6.33 Å². The van der Waals surface area contributed by atoms with Crippen LogP contribution in [0.1, 0.15) is 5.82 Å². The maximum atomic E-state index is 8.74. The van der Waals surface area contributed by atoms with E-state index in [9.17, 15) is 0 Å². The first kappa shape index (κ1) is 14.2. The second-order valence-corrected chi connectivity index (χ2v) is 4.02. The third-order valence-electron chi connectivity index (χ3n) is 1.75. The lowest BCUT2D eigenvalue weighted by molar-refractivity contribution is 0.381. The summed E-state index contributed by atoms with van der Waals surface area (Å²) < 4.78 is 31.6. The molecule has 0 aliphatic carbocycles. The number of rotatable bonds is 2. The van der Waals surface area contributed by atoms with Crippen molar-refractivity contribution >= 4 is 27.4 Å². The molecule has 0 unspecified atom stereocenters. The van der Waals surface area contributed by atoms with Crippen LogP contribution < -0.4 is 11.5 Å². The number of nitrogens with zero attached hydrogens (tertiary/aromatic N) is 3. The average molecular weight is 276 g/mol. The van der Waals surface area contributed by atoms with Gasteiger partial charge >= 0.3 is 10.4 Å². The van der Waals surface area contributed by atoms with Crippen molar-refractivity contribution < 1.29 is 17.5 Å². The highest BCUT2D eigenvalue weighted by Gasteiger charge is 2.05. The van der Waals surface area contributed by atoms with E-state index in [2.05, 4.69) is 19.9 Å². The van der Waals surface area contributed by atoms with Gasteiger partial charge in [0.1, 0.15) is 17.7 Å². The first-order valence-electron chi connectivity index (χ1n) is 4.66. The fourth-order valence-corrected chi connectivity index (χ4v) is 1.15. The van der Waals surface area contributed by atoms with Crippen molar-refractivity contribution in [3.8, 4) is 0 Å². The number of hydrogen-bond acceptors (Lipinski definition) is 7. The van der Waals surface area contributed by atoms with Crippen molar-refractivity contribution in [2.24, 2.45) is 5.73 Å². The maximum absolute atomic E-state index is 8.74. The highest BCUT2D eigenvalue weighted by molar-refractivity contribution is 7.79. The normalized spacial score (nSPS) is 11.1. The summed E-state index contributed by atoms with van der Waals surface area (Å²) in [6, 6.07) is 0. The van der Waals surface area contributed by atoms with Crippen molar-refractivity contribution in [2.45, 2.75) is 6.42 Å². The zero-order valence-corrected chi connectivity index (χ0v) is 9.92. The van der Waals surface area contributed by atoms with Crippen LogP contribution in [-0.4, -0.2) is 44.0 Å². The van der Waals surface area contributed by atoms with Gasteiger partial charge in [-0.1, -0.05) is 0 Å². The molecule has 2 aromatic rings. The molecule has 0 aliphatic heterocycles. The van der Waals surface area contributed by atoms with E-state index >= 15 is 0 Å². The molecule has 11 heteroatoms. The highest BCUT2D eigenvalue weighted by atomic mass is 32.3. The van der Waals surface area contributed by atoms with Crippen LogP contribution in [0.2, 0.25) is 0 Å². The van der Waals surface area contributed by atoms with Crippen LogP contribution in [0, 0.1) is 0 Å². The Hall–Kier alpha value is -1.82. The van der Waals surface area contributed by atoms with Gasteiger partial charge in [-0.05, 0) is 6.54 Å². The molecule has 0 spiro atoms. The van der Waals surface area contributed by atoms with E-state index in [1.54, 1.807) is 0 Å². The van der Waals surface area contributed by atoms with Gasteiger partial charge in [0.05, 0.1) is 0 Å². The summed E-state index contributed by atoms with van der Waals surface area (Å²) in [5.74, 6) is 1.21. The summed E-state index contributed by atoms with van der Waals surface area (Å²) in [4.78, 5) is 15.0. The Labute approximate surface area is 102 Å². The summed E-state index contributed by atoms with van der Waals surface area (Å²) in [5.41, 5.74) is 12.3. The molecule has 10 nitrogen and oxygen atoms in total. The molecule has 7 N–H and O–H groups in total. The lowest BCUT2D eigenvalue weighted by atomic mass is 10.4. The van der Waals surface area contributed by atoms with Crippen molar-refractivity contribution in [3.05, 3.63) is 12.2 Å². The Bertz CT molecular complexity index is 616. The molecule has 0 fully saturated rings. The van der Waals surface area contributed by atoms with Crippen LogP contribution in [0.15, 0.2) is 6.33 Å². The first-order chi connectivity index (χ1) is 8.31. The molecule has 0 saturated heterocycles. The van der Waals surface area contributed by atoms with Gasteiger partial charge in [-0.2, -0.15) is 8.42 Å². The monoisotopic (exact) mass is 276 g/mol. The lowest BCUT2D eigenvalue weighted by Gasteiger charge is -1.90. The SMILES string of the molecule is NCCc1nc2ncnc(N)c2[nH]1.O=S(=O)(O)O. The minimum atomic E-state index is -4.67. The predicted octanol–water partition coefficient (Wildman–Crippen LogP) is -1.22. The summed E-state index contributed by atoms with van der Waals surface area (Å²) in [7, 11) is -4.67. The quantitative estimate of drug-likeness (QED) is 0.420. The molecule has 2 aromatic heterocycles. The molecular weight excluding hydrogens is 264 g/mol. The van der Waals surface area contributed by atoms with Crippen LogP contribution >= 0.6 is 0 Å². The standard InChI is InChI=1S/C7H10N6.H2O4S/c8-2-1-4-12-5-6(9)10-3-11-7(5)13-4;1-5(2,3)4/h3H,1-2,8H2,(H3,9,10,11,12,13);(H2,1,2,3,4). The summed E-state index contributed by atoms with van der Waals surface area (Å²) >= 11 is 0. The van der Waals surface area contributed by atoms with Crippen LogP contribution in [0.4, 0.5) is 5.82 Å². The van der Waals surface area contributed by atoms with Gasteiger partial charge in [-0.25, -0.2) is 15.0 Å². The van der Waals surface area contributed by atoms with E-state index in [0.717, 1.165) is 5.82 Å². The number of aromatic amines is 1. The van der Waals surface area contributed by atoms with Gasteiger partial charge in [0, 0.05) is 6.42 Å². The Kier molecular flexibility index (Phi) is 4.49. The fourth-order valence-electron chi connectivity index (χ4n) is 1.15. The van der Waals surface area contributed by atoms with Gasteiger partial charge in [-0.15, -0.1) is 0 Å². The third kappa shape index (κ3) is 4.58. The van der Waals surface area contributed by atoms with Crippen molar-refractivity contribution in [1.29, 1.82) is 0 Å². The van der Waals surface area contributed by atoms with E-state index in [0.29, 0.717) is 29.9 Å². The molecule has 0 aliphatic rings. The number of H-pyrrole nitrogens is 1. The minimum absolute atomic E-state index is 0.417. The van der Waals surface area contributed by atoms with Gasteiger partial charge in [0.15, 0.2) is 11.5 Å². The Morgan fingerprint density at radius 2 is 1.94 bits per heavy atom. The zero-order chi connectivity index (χ0) is 13.8. The number of nitrogen functional groups attached to an aromatic ring is 1. The zero-order valence-electron chi connectivity index (χ0n) is 9.11. The van der Waals surface area contributed by atoms with Crippen LogP contribution in [0.5, 0.6) is 0 Å². The van der Waals surface area contributed by atoms with Gasteiger partial charge in [-0.3, -0.25) is 9.11 Å². The van der Waals surface area contributed by atoms with E-state index in [1.807, 2.05) is 0 Å². The van der Waals surface area contributed by atoms with E-state index in [-0.39, 0.29) is 0 Å². The summed E-state index contributed by atoms with van der Waals surface area (Å²) in [6.45, 7) is 0.549. The molecule has 0 atom stereocenters. The summed E-state index contributed by atoms with van der Waals surface area (Å²) in [5, 5.41) is 0. The number of hydrogen-bond donors (Lipinski definition) is 5. The molecule has 0 bridgehead atoms. The second-order valence-electron chi connectivity index (χ2n) is 3.13. The molecule has 2 heterocycles. The molecule has 100 valence electrons. The third-order valence-corrected chi connectivity index (χ3v) is 1.75. The second kappa shape index (κ2) is 5.68. The van der Waals surface area contributed by atoms with Crippen molar-refractivity contribution in [1.82, 2.24) is 19.9 Å². The molecule has 0 radical (unpaired) electrons. The Morgan fingerprint density at radius 1 is 1.33 bits per heavy atom. The molecule has 0 saturated carbocycles. The Balaban J connectivity index is 0.000000280. The number of imidazole rings is 1. The van der Waals surface area contributed by atoms with Crippen LogP contribution in [0.25, 0.3) is 11.2 Å². The van der Waals surface area contributed by atoms with E-state index in [4.69, 9.17) is 29.0 Å². The molecule has 18 heavy (non-hydrogen) atoms. The van der Waals surface area contributed by atoms with Crippen LogP contribution in [0.3, 0.4) is 0 Å². The van der Waals surface area contributed by atoms with Crippen molar-refractivity contribution in [3.63, 3.8) is 0 Å².